The zero-order chi connectivity index (χ0) is 11.4. The molecule has 0 bridgehead atoms. The maximum Gasteiger partial charge on any atom is 0.127 e. The van der Waals surface area contributed by atoms with Crippen molar-refractivity contribution in [1.29, 1.82) is 0 Å². The molecule has 0 aliphatic rings. The van der Waals surface area contributed by atoms with Gasteiger partial charge in [0.1, 0.15) is 5.76 Å². The fourth-order valence-corrected chi connectivity index (χ4v) is 1.52. The Morgan fingerprint density at radius 2 is 1.69 bits per heavy atom. The van der Waals surface area contributed by atoms with Gasteiger partial charge in [0, 0.05) is 17.3 Å². The number of nitrogens with zero attached hydrogens (tertiary/aromatic N) is 1. The van der Waals surface area contributed by atoms with E-state index in [1.807, 2.05) is 55.5 Å². The Hall–Kier alpha value is -2.09. The first-order valence-corrected chi connectivity index (χ1v) is 5.15. The van der Waals surface area contributed by atoms with Gasteiger partial charge >= 0.3 is 0 Å². The lowest BCUT2D eigenvalue weighted by atomic mass is 10.1. The second-order valence-electron chi connectivity index (χ2n) is 3.55. The van der Waals surface area contributed by atoms with E-state index in [1.165, 1.54) is 0 Å². The van der Waals surface area contributed by atoms with Crippen molar-refractivity contribution in [2.75, 3.05) is 0 Å². The summed E-state index contributed by atoms with van der Waals surface area (Å²) in [6.07, 6.45) is 1.72. The lowest BCUT2D eigenvalue weighted by molar-refractivity contribution is 0.513. The monoisotopic (exact) mass is 211 g/mol. The van der Waals surface area contributed by atoms with E-state index < -0.39 is 0 Å². The lowest BCUT2D eigenvalue weighted by Gasteiger charge is -2.05. The van der Waals surface area contributed by atoms with E-state index >= 15 is 0 Å². The summed E-state index contributed by atoms with van der Waals surface area (Å²) in [5, 5.41) is 10.1. The number of hydrogen-bond acceptors (Lipinski definition) is 2. The van der Waals surface area contributed by atoms with Crippen molar-refractivity contribution in [3.8, 4) is 0 Å². The van der Waals surface area contributed by atoms with Crippen LogP contribution in [0.5, 0.6) is 0 Å². The maximum absolute atomic E-state index is 10.1. The fourth-order valence-electron chi connectivity index (χ4n) is 1.52. The van der Waals surface area contributed by atoms with Crippen LogP contribution in [-0.4, -0.2) is 10.1 Å². The Balaban J connectivity index is 2.43. The van der Waals surface area contributed by atoms with Gasteiger partial charge in [-0.2, -0.15) is 0 Å². The number of benzene rings is 1. The molecule has 16 heavy (non-hydrogen) atoms. The summed E-state index contributed by atoms with van der Waals surface area (Å²) in [5.74, 6) is 0.277. The number of rotatable bonds is 2. The summed E-state index contributed by atoms with van der Waals surface area (Å²) in [6.45, 7) is 1.87. The molecular formula is C14H13NO. The van der Waals surface area contributed by atoms with Gasteiger partial charge in [-0.15, -0.1) is 0 Å². The highest BCUT2D eigenvalue weighted by Crippen LogP contribution is 2.21. The van der Waals surface area contributed by atoms with E-state index in [9.17, 15) is 5.11 Å². The van der Waals surface area contributed by atoms with Crippen molar-refractivity contribution in [3.63, 3.8) is 0 Å². The summed E-state index contributed by atoms with van der Waals surface area (Å²) in [7, 11) is 0. The van der Waals surface area contributed by atoms with Crippen LogP contribution < -0.4 is 0 Å². The number of hydrogen-bond donors (Lipinski definition) is 1. The average molecular weight is 211 g/mol. The first-order chi connectivity index (χ1) is 7.79. The predicted octanol–water partition coefficient (Wildman–Crippen LogP) is 3.53. The first kappa shape index (κ1) is 10.4. The molecule has 1 aromatic heterocycles. The molecule has 2 heteroatoms. The van der Waals surface area contributed by atoms with Gasteiger partial charge in [-0.3, -0.25) is 4.98 Å². The summed E-state index contributed by atoms with van der Waals surface area (Å²) in [6, 6.07) is 15.1. The zero-order valence-corrected chi connectivity index (χ0v) is 9.09. The zero-order valence-electron chi connectivity index (χ0n) is 9.09. The van der Waals surface area contributed by atoms with Gasteiger partial charge in [-0.05, 0) is 19.1 Å². The van der Waals surface area contributed by atoms with Gasteiger partial charge in [-0.25, -0.2) is 0 Å². The minimum atomic E-state index is 0.277. The fraction of sp³-hybridized carbons (Fsp3) is 0.0714. The van der Waals surface area contributed by atoms with Crippen molar-refractivity contribution in [2.24, 2.45) is 0 Å². The summed E-state index contributed by atoms with van der Waals surface area (Å²) >= 11 is 0. The largest absolute Gasteiger partial charge is 0.507 e. The van der Waals surface area contributed by atoms with Gasteiger partial charge in [0.05, 0.1) is 5.69 Å². The molecule has 0 saturated carbocycles. The SMILES string of the molecule is C/C(=C(/O)c1ccccc1)c1ccccn1. The van der Waals surface area contributed by atoms with E-state index in [-0.39, 0.29) is 5.76 Å². The number of allylic oxidation sites excluding steroid dienone is 1. The van der Waals surface area contributed by atoms with Crippen molar-refractivity contribution in [1.82, 2.24) is 4.98 Å². The van der Waals surface area contributed by atoms with E-state index in [0.717, 1.165) is 16.8 Å². The standard InChI is InChI=1S/C14H13NO/c1-11(13-9-5-6-10-15-13)14(16)12-7-3-2-4-8-12/h2-10,16H,1H3/b14-11-. The minimum absolute atomic E-state index is 0.277. The highest BCUT2D eigenvalue weighted by atomic mass is 16.3. The molecular weight excluding hydrogens is 198 g/mol. The van der Waals surface area contributed by atoms with E-state index in [1.54, 1.807) is 6.20 Å². The first-order valence-electron chi connectivity index (χ1n) is 5.15. The Kier molecular flexibility index (Phi) is 3.01. The molecule has 1 N–H and O–H groups in total. The van der Waals surface area contributed by atoms with E-state index in [4.69, 9.17) is 0 Å². The molecule has 2 rings (SSSR count). The van der Waals surface area contributed by atoms with Crippen LogP contribution in [0.25, 0.3) is 11.3 Å². The van der Waals surface area contributed by atoms with Crippen LogP contribution in [0.4, 0.5) is 0 Å². The van der Waals surface area contributed by atoms with E-state index in [0.29, 0.717) is 0 Å². The Morgan fingerprint density at radius 3 is 2.31 bits per heavy atom. The number of aliphatic hydroxyl groups is 1. The van der Waals surface area contributed by atoms with Gasteiger partial charge in [0.15, 0.2) is 0 Å². The van der Waals surface area contributed by atoms with Crippen molar-refractivity contribution in [3.05, 3.63) is 66.0 Å². The third-order valence-corrected chi connectivity index (χ3v) is 2.45. The van der Waals surface area contributed by atoms with Crippen molar-refractivity contribution in [2.45, 2.75) is 6.92 Å². The maximum atomic E-state index is 10.1. The normalized spacial score (nSPS) is 12.1. The quantitative estimate of drug-likeness (QED) is 0.771. The van der Waals surface area contributed by atoms with Crippen LogP contribution in [0.3, 0.4) is 0 Å². The van der Waals surface area contributed by atoms with Crippen LogP contribution in [-0.2, 0) is 0 Å². The lowest BCUT2D eigenvalue weighted by Crippen LogP contribution is -1.90. The Bertz CT molecular complexity index is 441. The van der Waals surface area contributed by atoms with E-state index in [2.05, 4.69) is 4.98 Å². The van der Waals surface area contributed by atoms with Crippen LogP contribution in [0.15, 0.2) is 54.7 Å². The second kappa shape index (κ2) is 4.62. The smallest absolute Gasteiger partial charge is 0.127 e. The molecule has 0 saturated heterocycles. The molecule has 0 atom stereocenters. The number of aromatic nitrogens is 1. The number of aliphatic hydroxyl groups excluding tert-OH is 1. The van der Waals surface area contributed by atoms with Crippen LogP contribution in [0, 0.1) is 0 Å². The Morgan fingerprint density at radius 1 is 1.00 bits per heavy atom. The third kappa shape index (κ3) is 2.11. The third-order valence-electron chi connectivity index (χ3n) is 2.45. The molecule has 0 aliphatic heterocycles. The molecule has 0 amide bonds. The molecule has 0 radical (unpaired) electrons. The molecule has 0 unspecified atom stereocenters. The molecule has 2 aromatic rings. The highest BCUT2D eigenvalue weighted by Gasteiger charge is 2.05. The van der Waals surface area contributed by atoms with Gasteiger partial charge in [0.2, 0.25) is 0 Å². The molecule has 2 nitrogen and oxygen atoms in total. The van der Waals surface area contributed by atoms with Crippen LogP contribution in [0.1, 0.15) is 18.2 Å². The van der Waals surface area contributed by atoms with Crippen molar-refractivity contribution < 1.29 is 5.11 Å². The molecule has 0 fully saturated rings. The minimum Gasteiger partial charge on any atom is -0.507 e. The average Bonchev–Trinajstić information content (AvgIpc) is 2.39. The molecule has 1 heterocycles. The topological polar surface area (TPSA) is 33.1 Å². The van der Waals surface area contributed by atoms with Crippen LogP contribution >= 0.6 is 0 Å². The highest BCUT2D eigenvalue weighted by molar-refractivity contribution is 5.84. The molecule has 80 valence electrons. The van der Waals surface area contributed by atoms with Crippen molar-refractivity contribution >= 4 is 11.3 Å². The molecule has 0 spiro atoms. The second-order valence-corrected chi connectivity index (χ2v) is 3.55. The Labute approximate surface area is 94.9 Å². The van der Waals surface area contributed by atoms with Gasteiger partial charge in [-0.1, -0.05) is 36.4 Å². The summed E-state index contributed by atoms with van der Waals surface area (Å²) in [5.41, 5.74) is 2.39. The van der Waals surface area contributed by atoms with Crippen LogP contribution in [0.2, 0.25) is 0 Å². The predicted molar refractivity (Wildman–Crippen MR) is 65.8 cm³/mol. The van der Waals surface area contributed by atoms with Gasteiger partial charge < -0.3 is 5.11 Å². The number of pyridine rings is 1. The molecule has 1 aromatic carbocycles. The summed E-state index contributed by atoms with van der Waals surface area (Å²) in [4.78, 5) is 4.21. The molecule has 0 aliphatic carbocycles. The summed E-state index contributed by atoms with van der Waals surface area (Å²) < 4.78 is 0. The van der Waals surface area contributed by atoms with Gasteiger partial charge in [0.25, 0.3) is 0 Å².